The molecule has 1 rings (SSSR count). The average Bonchev–Trinajstić information content (AvgIpc) is 2.62. The van der Waals surface area contributed by atoms with Gasteiger partial charge in [0.05, 0.1) is 5.25 Å². The molecule has 7 heteroatoms. The highest BCUT2D eigenvalue weighted by Crippen LogP contribution is 2.22. The molecule has 0 amide bonds. The lowest BCUT2D eigenvalue weighted by molar-refractivity contribution is 0.463. The molecular weight excluding hydrogens is 334 g/mol. The van der Waals surface area contributed by atoms with Gasteiger partial charge in [-0.2, -0.15) is 4.31 Å². The van der Waals surface area contributed by atoms with E-state index in [0.717, 1.165) is 9.35 Å². The van der Waals surface area contributed by atoms with Gasteiger partial charge in [0.1, 0.15) is 0 Å². The number of thiophene rings is 1. The molecule has 1 unspecified atom stereocenters. The van der Waals surface area contributed by atoms with Crippen LogP contribution < -0.4 is 0 Å². The van der Waals surface area contributed by atoms with Crippen molar-refractivity contribution < 1.29 is 8.42 Å². The minimum absolute atomic E-state index is 0.112. The van der Waals surface area contributed by atoms with Gasteiger partial charge in [-0.25, -0.2) is 8.42 Å². The SMILES string of the molecule is CC(CCl)S(=O)(=O)N(C)Cc1cc(Br)cs1. The second-order valence-corrected chi connectivity index (χ2v) is 8.18. The van der Waals surface area contributed by atoms with Crippen LogP contribution in [0.5, 0.6) is 0 Å². The minimum Gasteiger partial charge on any atom is -0.212 e. The number of halogens is 2. The third-order valence-corrected chi connectivity index (χ3v) is 6.67. The summed E-state index contributed by atoms with van der Waals surface area (Å²) < 4.78 is 26.1. The van der Waals surface area contributed by atoms with Crippen LogP contribution in [-0.4, -0.2) is 30.9 Å². The van der Waals surface area contributed by atoms with E-state index in [1.165, 1.54) is 15.6 Å². The van der Waals surface area contributed by atoms with E-state index < -0.39 is 15.3 Å². The molecule has 1 atom stereocenters. The van der Waals surface area contributed by atoms with E-state index in [4.69, 9.17) is 11.6 Å². The summed E-state index contributed by atoms with van der Waals surface area (Å²) in [7, 11) is -1.71. The third-order valence-electron chi connectivity index (χ3n) is 2.16. The second-order valence-electron chi connectivity index (χ2n) is 3.50. The summed E-state index contributed by atoms with van der Waals surface area (Å²) >= 11 is 10.4. The Hall–Kier alpha value is 0.380. The number of hydrogen-bond acceptors (Lipinski definition) is 3. The zero-order chi connectivity index (χ0) is 12.3. The molecule has 0 aromatic carbocycles. The van der Waals surface area contributed by atoms with Crippen molar-refractivity contribution in [1.82, 2.24) is 4.31 Å². The molecule has 0 N–H and O–H groups in total. The highest BCUT2D eigenvalue weighted by molar-refractivity contribution is 9.10. The van der Waals surface area contributed by atoms with Crippen molar-refractivity contribution in [2.45, 2.75) is 18.7 Å². The first-order valence-corrected chi connectivity index (χ1v) is 8.33. The van der Waals surface area contributed by atoms with Crippen LogP contribution in [0.1, 0.15) is 11.8 Å². The molecule has 0 bridgehead atoms. The number of rotatable bonds is 5. The van der Waals surface area contributed by atoms with Gasteiger partial charge >= 0.3 is 0 Å². The third kappa shape index (κ3) is 3.43. The van der Waals surface area contributed by atoms with E-state index in [-0.39, 0.29) is 5.88 Å². The highest BCUT2D eigenvalue weighted by Gasteiger charge is 2.25. The summed E-state index contributed by atoms with van der Waals surface area (Å²) in [5, 5.41) is 1.38. The minimum atomic E-state index is -3.29. The van der Waals surface area contributed by atoms with Gasteiger partial charge in [-0.3, -0.25) is 0 Å². The molecule has 1 aromatic rings. The summed E-state index contributed by atoms with van der Waals surface area (Å²) in [6.07, 6.45) is 0. The molecule has 0 aliphatic carbocycles. The Labute approximate surface area is 114 Å². The van der Waals surface area contributed by atoms with Crippen LogP contribution >= 0.6 is 38.9 Å². The van der Waals surface area contributed by atoms with E-state index >= 15 is 0 Å². The Kier molecular flexibility index (Phi) is 5.25. The van der Waals surface area contributed by atoms with E-state index in [1.807, 2.05) is 11.4 Å². The molecule has 0 aliphatic heterocycles. The maximum absolute atomic E-state index is 11.9. The van der Waals surface area contributed by atoms with Crippen LogP contribution in [0, 0.1) is 0 Å². The van der Waals surface area contributed by atoms with E-state index in [1.54, 1.807) is 14.0 Å². The fourth-order valence-corrected chi connectivity index (χ4v) is 4.29. The van der Waals surface area contributed by atoms with Crippen molar-refractivity contribution >= 4 is 48.9 Å². The Morgan fingerprint density at radius 2 is 2.25 bits per heavy atom. The molecule has 0 saturated carbocycles. The Bertz CT molecular complexity index is 446. The van der Waals surface area contributed by atoms with Gasteiger partial charge < -0.3 is 0 Å². The standard InChI is InChI=1S/C9H13BrClNO2S2/c1-7(4-11)16(13,14)12(2)5-9-3-8(10)6-15-9/h3,6-7H,4-5H2,1-2H3. The lowest BCUT2D eigenvalue weighted by Gasteiger charge is -2.19. The molecular formula is C9H13BrClNO2S2. The van der Waals surface area contributed by atoms with Gasteiger partial charge in [-0.05, 0) is 28.9 Å². The van der Waals surface area contributed by atoms with Crippen LogP contribution in [-0.2, 0) is 16.6 Å². The predicted molar refractivity (Wildman–Crippen MR) is 72.6 cm³/mol. The van der Waals surface area contributed by atoms with Gasteiger partial charge in [0.15, 0.2) is 0 Å². The zero-order valence-electron chi connectivity index (χ0n) is 8.98. The van der Waals surface area contributed by atoms with Crippen LogP contribution in [0.4, 0.5) is 0 Å². The van der Waals surface area contributed by atoms with Gasteiger partial charge in [-0.15, -0.1) is 22.9 Å². The molecule has 0 spiro atoms. The second kappa shape index (κ2) is 5.82. The highest BCUT2D eigenvalue weighted by atomic mass is 79.9. The summed E-state index contributed by atoms with van der Waals surface area (Å²) in [5.41, 5.74) is 0. The van der Waals surface area contributed by atoms with Crippen molar-refractivity contribution in [3.05, 3.63) is 20.8 Å². The first kappa shape index (κ1) is 14.4. The van der Waals surface area contributed by atoms with Crippen molar-refractivity contribution in [3.8, 4) is 0 Å². The Morgan fingerprint density at radius 3 is 2.69 bits per heavy atom. The summed E-state index contributed by atoms with van der Waals surface area (Å²) in [4.78, 5) is 1.000. The molecule has 0 saturated heterocycles. The molecule has 0 aliphatic rings. The zero-order valence-corrected chi connectivity index (χ0v) is 13.0. The van der Waals surface area contributed by atoms with Crippen LogP contribution in [0.25, 0.3) is 0 Å². The molecule has 16 heavy (non-hydrogen) atoms. The van der Waals surface area contributed by atoms with Crippen LogP contribution in [0.3, 0.4) is 0 Å². The average molecular weight is 347 g/mol. The van der Waals surface area contributed by atoms with Gasteiger partial charge in [0.2, 0.25) is 10.0 Å². The van der Waals surface area contributed by atoms with Crippen molar-refractivity contribution in [2.24, 2.45) is 0 Å². The largest absolute Gasteiger partial charge is 0.217 e. The predicted octanol–water partition coefficient (Wildman–Crippen LogP) is 2.90. The number of alkyl halides is 1. The van der Waals surface area contributed by atoms with E-state index in [2.05, 4.69) is 15.9 Å². The molecule has 1 heterocycles. The van der Waals surface area contributed by atoms with Crippen molar-refractivity contribution in [3.63, 3.8) is 0 Å². The normalized spacial score (nSPS) is 14.3. The summed E-state index contributed by atoms with van der Waals surface area (Å²) in [6, 6.07) is 1.92. The molecule has 0 fully saturated rings. The Balaban J connectivity index is 2.76. The van der Waals surface area contributed by atoms with E-state index in [0.29, 0.717) is 6.54 Å². The topological polar surface area (TPSA) is 37.4 Å². The Morgan fingerprint density at radius 1 is 1.62 bits per heavy atom. The molecule has 92 valence electrons. The molecule has 1 aromatic heterocycles. The maximum atomic E-state index is 11.9. The number of sulfonamides is 1. The molecule has 3 nitrogen and oxygen atoms in total. The maximum Gasteiger partial charge on any atom is 0.217 e. The number of hydrogen-bond donors (Lipinski definition) is 0. The van der Waals surface area contributed by atoms with E-state index in [9.17, 15) is 8.42 Å². The smallest absolute Gasteiger partial charge is 0.212 e. The van der Waals surface area contributed by atoms with Crippen LogP contribution in [0.15, 0.2) is 15.9 Å². The lowest BCUT2D eigenvalue weighted by Crippen LogP contribution is -2.34. The number of nitrogens with zero attached hydrogens (tertiary/aromatic N) is 1. The first-order valence-electron chi connectivity index (χ1n) is 4.62. The van der Waals surface area contributed by atoms with Gasteiger partial charge in [0.25, 0.3) is 0 Å². The van der Waals surface area contributed by atoms with Crippen molar-refractivity contribution in [2.75, 3.05) is 12.9 Å². The quantitative estimate of drug-likeness (QED) is 0.769. The lowest BCUT2D eigenvalue weighted by atomic mass is 10.5. The fraction of sp³-hybridized carbons (Fsp3) is 0.556. The van der Waals surface area contributed by atoms with Gasteiger partial charge in [0, 0.05) is 34.2 Å². The fourth-order valence-electron chi connectivity index (χ4n) is 1.13. The summed E-state index contributed by atoms with van der Waals surface area (Å²) in [5.74, 6) is 0.112. The molecule has 0 radical (unpaired) electrons. The monoisotopic (exact) mass is 345 g/mol. The van der Waals surface area contributed by atoms with Gasteiger partial charge in [-0.1, -0.05) is 0 Å². The first-order chi connectivity index (χ1) is 7.37. The summed E-state index contributed by atoms with van der Waals surface area (Å²) in [6.45, 7) is 2.00. The van der Waals surface area contributed by atoms with Crippen molar-refractivity contribution in [1.29, 1.82) is 0 Å². The van der Waals surface area contributed by atoms with Crippen LogP contribution in [0.2, 0.25) is 0 Å².